The number of methoxy groups -OCH3 is 4. The summed E-state index contributed by atoms with van der Waals surface area (Å²) >= 11 is 1.45. The van der Waals surface area contributed by atoms with Gasteiger partial charge < -0.3 is 29.0 Å². The first-order chi connectivity index (χ1) is 16.0. The maximum Gasteiger partial charge on any atom is 0.325 e. The monoisotopic (exact) mass is 472 g/mol. The molecule has 0 radical (unpaired) electrons. The number of nitrogens with one attached hydrogen (secondary N) is 1. The number of ether oxygens (including phenoxy) is 5. The van der Waals surface area contributed by atoms with Gasteiger partial charge in [-0.05, 0) is 36.4 Å². The molecule has 0 bridgehead atoms. The van der Waals surface area contributed by atoms with Crippen LogP contribution in [-0.2, 0) is 16.1 Å². The first-order valence-electron chi connectivity index (χ1n) is 9.81. The van der Waals surface area contributed by atoms with Crippen molar-refractivity contribution in [3.8, 4) is 33.6 Å². The van der Waals surface area contributed by atoms with Crippen LogP contribution in [0.5, 0.6) is 23.0 Å². The van der Waals surface area contributed by atoms with Crippen LogP contribution in [-0.4, -0.2) is 51.8 Å². The Morgan fingerprint density at radius 2 is 1.61 bits per heavy atom. The number of rotatable bonds is 10. The van der Waals surface area contributed by atoms with E-state index in [9.17, 15) is 9.59 Å². The van der Waals surface area contributed by atoms with Gasteiger partial charge in [-0.1, -0.05) is 0 Å². The predicted octanol–water partition coefficient (Wildman–Crippen LogP) is 3.32. The lowest BCUT2D eigenvalue weighted by molar-refractivity contribution is -0.143. The highest BCUT2D eigenvalue weighted by Crippen LogP contribution is 2.38. The van der Waals surface area contributed by atoms with E-state index in [1.54, 1.807) is 7.11 Å². The van der Waals surface area contributed by atoms with Crippen LogP contribution in [0.3, 0.4) is 0 Å². The number of esters is 1. The highest BCUT2D eigenvalue weighted by Gasteiger charge is 2.18. The third-order valence-electron chi connectivity index (χ3n) is 4.59. The Labute approximate surface area is 195 Å². The smallest absolute Gasteiger partial charge is 0.325 e. The topological polar surface area (TPSA) is 105 Å². The number of aromatic nitrogens is 1. The molecule has 3 rings (SSSR count). The number of amides is 1. The molecule has 174 valence electrons. The predicted molar refractivity (Wildman–Crippen MR) is 122 cm³/mol. The second-order valence-electron chi connectivity index (χ2n) is 6.63. The van der Waals surface area contributed by atoms with Crippen molar-refractivity contribution in [2.45, 2.75) is 6.61 Å². The molecule has 1 N–H and O–H groups in total. The molecule has 0 aliphatic rings. The van der Waals surface area contributed by atoms with Crippen molar-refractivity contribution in [3.05, 3.63) is 53.0 Å². The number of carbonyl (C=O) groups is 2. The fourth-order valence-corrected chi connectivity index (χ4v) is 3.72. The molecule has 1 aromatic heterocycles. The van der Waals surface area contributed by atoms with Crippen LogP contribution in [0.4, 0.5) is 0 Å². The minimum atomic E-state index is -0.588. The third kappa shape index (κ3) is 5.92. The Morgan fingerprint density at radius 1 is 0.939 bits per heavy atom. The van der Waals surface area contributed by atoms with Crippen molar-refractivity contribution in [2.75, 3.05) is 35.0 Å². The molecule has 0 atom stereocenters. The molecule has 3 aromatic rings. The molecule has 9 nitrogen and oxygen atoms in total. The Kier molecular flexibility index (Phi) is 8.09. The van der Waals surface area contributed by atoms with Crippen LogP contribution >= 0.6 is 11.3 Å². The minimum absolute atomic E-state index is 0.00550. The van der Waals surface area contributed by atoms with Gasteiger partial charge in [0.15, 0.2) is 11.5 Å². The van der Waals surface area contributed by atoms with Crippen LogP contribution in [0.15, 0.2) is 41.8 Å². The number of nitrogens with zero attached hydrogens (tertiary/aromatic N) is 1. The maximum absolute atomic E-state index is 12.5. The third-order valence-corrected chi connectivity index (χ3v) is 5.53. The van der Waals surface area contributed by atoms with Gasteiger partial charge in [-0.2, -0.15) is 0 Å². The average Bonchev–Trinajstić information content (AvgIpc) is 3.34. The van der Waals surface area contributed by atoms with E-state index < -0.39 is 11.9 Å². The molecule has 0 saturated heterocycles. The van der Waals surface area contributed by atoms with Gasteiger partial charge in [0.2, 0.25) is 5.75 Å². The summed E-state index contributed by atoms with van der Waals surface area (Å²) in [5.41, 5.74) is 1.81. The highest BCUT2D eigenvalue weighted by molar-refractivity contribution is 7.13. The Hall–Kier alpha value is -3.79. The van der Waals surface area contributed by atoms with Crippen molar-refractivity contribution >= 4 is 23.2 Å². The Morgan fingerprint density at radius 3 is 2.18 bits per heavy atom. The van der Waals surface area contributed by atoms with E-state index in [0.29, 0.717) is 22.9 Å². The summed E-state index contributed by atoms with van der Waals surface area (Å²) in [4.78, 5) is 29.1. The van der Waals surface area contributed by atoms with Crippen LogP contribution in [0.2, 0.25) is 0 Å². The van der Waals surface area contributed by atoms with Crippen molar-refractivity contribution in [1.82, 2.24) is 10.3 Å². The Bertz CT molecular complexity index is 1090. The van der Waals surface area contributed by atoms with Gasteiger partial charge in [-0.15, -0.1) is 11.3 Å². The quantitative estimate of drug-likeness (QED) is 0.448. The summed E-state index contributed by atoms with van der Waals surface area (Å²) in [6.07, 6.45) is 0. The standard InChI is InChI=1S/C23H24N2O7S/c1-28-17-7-5-14(6-8-17)23-25-16(13-33-23)12-32-20(26)11-24-22(27)15-9-18(29-2)21(31-4)19(10-15)30-3/h5-10,13H,11-12H2,1-4H3,(H,24,27). The number of hydrogen-bond acceptors (Lipinski definition) is 9. The second kappa shape index (κ2) is 11.2. The van der Waals surface area contributed by atoms with E-state index in [1.165, 1.54) is 44.8 Å². The molecular weight excluding hydrogens is 448 g/mol. The first kappa shape index (κ1) is 23.9. The van der Waals surface area contributed by atoms with Gasteiger partial charge in [0, 0.05) is 16.5 Å². The number of hydrogen-bond donors (Lipinski definition) is 1. The van der Waals surface area contributed by atoms with Gasteiger partial charge >= 0.3 is 5.97 Å². The summed E-state index contributed by atoms with van der Waals surface area (Å²) in [6, 6.07) is 10.5. The summed E-state index contributed by atoms with van der Waals surface area (Å²) in [7, 11) is 5.99. The SMILES string of the molecule is COc1ccc(-c2nc(COC(=O)CNC(=O)c3cc(OC)c(OC)c(OC)c3)cs2)cc1. The largest absolute Gasteiger partial charge is 0.497 e. The normalized spacial score (nSPS) is 10.3. The van der Waals surface area contributed by atoms with E-state index in [-0.39, 0.29) is 18.7 Å². The van der Waals surface area contributed by atoms with Crippen LogP contribution in [0.25, 0.3) is 10.6 Å². The van der Waals surface area contributed by atoms with E-state index in [4.69, 9.17) is 23.7 Å². The fraction of sp³-hybridized carbons (Fsp3) is 0.261. The van der Waals surface area contributed by atoms with Crippen molar-refractivity contribution < 1.29 is 33.3 Å². The second-order valence-corrected chi connectivity index (χ2v) is 7.49. The van der Waals surface area contributed by atoms with Crippen molar-refractivity contribution in [1.29, 1.82) is 0 Å². The molecule has 0 fully saturated rings. The highest BCUT2D eigenvalue weighted by atomic mass is 32.1. The van der Waals surface area contributed by atoms with Crippen molar-refractivity contribution in [3.63, 3.8) is 0 Å². The summed E-state index contributed by atoms with van der Waals surface area (Å²) < 4.78 is 26.1. The molecule has 10 heteroatoms. The van der Waals surface area contributed by atoms with Gasteiger partial charge in [0.25, 0.3) is 5.91 Å². The Balaban J connectivity index is 1.53. The van der Waals surface area contributed by atoms with Crippen LogP contribution < -0.4 is 24.3 Å². The number of thiazole rings is 1. The molecular formula is C23H24N2O7S. The maximum atomic E-state index is 12.5. The zero-order valence-corrected chi connectivity index (χ0v) is 19.5. The van der Waals surface area contributed by atoms with Gasteiger partial charge in [-0.3, -0.25) is 9.59 Å². The van der Waals surface area contributed by atoms with E-state index >= 15 is 0 Å². The van der Waals surface area contributed by atoms with Crippen LogP contribution in [0.1, 0.15) is 16.1 Å². The zero-order chi connectivity index (χ0) is 23.8. The zero-order valence-electron chi connectivity index (χ0n) is 18.7. The fourth-order valence-electron chi connectivity index (χ4n) is 2.91. The van der Waals surface area contributed by atoms with Gasteiger partial charge in [0.1, 0.15) is 23.9 Å². The van der Waals surface area contributed by atoms with E-state index in [0.717, 1.165) is 16.3 Å². The molecule has 0 unspecified atom stereocenters. The van der Waals surface area contributed by atoms with E-state index in [2.05, 4.69) is 10.3 Å². The van der Waals surface area contributed by atoms with Gasteiger partial charge in [-0.25, -0.2) is 4.98 Å². The first-order valence-corrected chi connectivity index (χ1v) is 10.7. The molecule has 0 saturated carbocycles. The molecule has 0 aliphatic carbocycles. The number of carbonyl (C=O) groups excluding carboxylic acids is 2. The summed E-state index contributed by atoms with van der Waals surface area (Å²) in [5.74, 6) is 0.726. The lowest BCUT2D eigenvalue weighted by Crippen LogP contribution is -2.30. The van der Waals surface area contributed by atoms with Crippen LogP contribution in [0, 0.1) is 0 Å². The molecule has 33 heavy (non-hydrogen) atoms. The molecule has 1 amide bonds. The van der Waals surface area contributed by atoms with E-state index in [1.807, 2.05) is 29.6 Å². The minimum Gasteiger partial charge on any atom is -0.497 e. The number of benzene rings is 2. The lowest BCUT2D eigenvalue weighted by Gasteiger charge is -2.14. The van der Waals surface area contributed by atoms with Crippen molar-refractivity contribution in [2.24, 2.45) is 0 Å². The van der Waals surface area contributed by atoms with Gasteiger partial charge in [0.05, 0.1) is 34.1 Å². The molecule has 1 heterocycles. The molecule has 0 aliphatic heterocycles. The molecule has 2 aromatic carbocycles. The summed E-state index contributed by atoms with van der Waals surface area (Å²) in [6.45, 7) is -0.295. The molecule has 0 spiro atoms. The summed E-state index contributed by atoms with van der Waals surface area (Å²) in [5, 5.41) is 5.15. The average molecular weight is 473 g/mol. The lowest BCUT2D eigenvalue weighted by atomic mass is 10.1.